The molecule has 1 aromatic rings. The predicted octanol–water partition coefficient (Wildman–Crippen LogP) is 2.91. The molecule has 3 amide bonds. The molecule has 0 spiro atoms. The zero-order valence-corrected chi connectivity index (χ0v) is 18.5. The molecule has 0 aliphatic carbocycles. The quantitative estimate of drug-likeness (QED) is 0.421. The van der Waals surface area contributed by atoms with Crippen molar-refractivity contribution in [3.63, 3.8) is 0 Å². The Morgan fingerprint density at radius 2 is 2.00 bits per heavy atom. The fourth-order valence-corrected chi connectivity index (χ4v) is 6.11. The standard InChI is InChI=1S/C21H28F3N5O2S/c22-21(23,24)13-5-6-17(25-11-13)29-9-7-14(8-10-29)26-18(30)4-2-1-3-16-19-15(12-32-16)27-20(31)28-19/h5-6,11,14-16,19H,1-4,7-10,12H2,(H,26,30)(H2,27,28,31)/t15-,16-,19-/m0/s1. The molecular formula is C21H28F3N5O2S. The molecular weight excluding hydrogens is 443 g/mol. The van der Waals surface area contributed by atoms with Gasteiger partial charge in [-0.2, -0.15) is 24.9 Å². The van der Waals surface area contributed by atoms with E-state index in [1.54, 1.807) is 0 Å². The first-order valence-electron chi connectivity index (χ1n) is 11.1. The minimum atomic E-state index is -4.38. The molecule has 11 heteroatoms. The number of urea groups is 1. The van der Waals surface area contributed by atoms with E-state index in [1.807, 2.05) is 16.7 Å². The lowest BCUT2D eigenvalue weighted by Gasteiger charge is -2.33. The molecule has 0 bridgehead atoms. The Labute approximate surface area is 189 Å². The van der Waals surface area contributed by atoms with Gasteiger partial charge in [-0.05, 0) is 37.8 Å². The molecule has 176 valence electrons. The summed E-state index contributed by atoms with van der Waals surface area (Å²) in [7, 11) is 0. The van der Waals surface area contributed by atoms with Crippen LogP contribution in [-0.4, -0.2) is 59.1 Å². The van der Waals surface area contributed by atoms with Crippen molar-refractivity contribution in [2.45, 2.75) is 68.1 Å². The highest BCUT2D eigenvalue weighted by Gasteiger charge is 2.42. The molecule has 0 saturated carbocycles. The summed E-state index contributed by atoms with van der Waals surface area (Å²) in [5.74, 6) is 1.52. The van der Waals surface area contributed by atoms with E-state index < -0.39 is 11.7 Å². The van der Waals surface area contributed by atoms with Crippen molar-refractivity contribution in [1.82, 2.24) is 20.9 Å². The van der Waals surface area contributed by atoms with Crippen LogP contribution >= 0.6 is 11.8 Å². The summed E-state index contributed by atoms with van der Waals surface area (Å²) in [6, 6.07) is 2.89. The van der Waals surface area contributed by atoms with Gasteiger partial charge in [0, 0.05) is 42.8 Å². The highest BCUT2D eigenvalue weighted by Crippen LogP contribution is 2.33. The molecule has 32 heavy (non-hydrogen) atoms. The van der Waals surface area contributed by atoms with Crippen molar-refractivity contribution in [2.75, 3.05) is 23.7 Å². The number of hydrogen-bond donors (Lipinski definition) is 3. The lowest BCUT2D eigenvalue weighted by Crippen LogP contribution is -2.44. The first-order valence-corrected chi connectivity index (χ1v) is 12.1. The summed E-state index contributed by atoms with van der Waals surface area (Å²) in [5.41, 5.74) is -0.751. The van der Waals surface area contributed by atoms with Gasteiger partial charge in [0.2, 0.25) is 5.91 Å². The molecule has 3 fully saturated rings. The van der Waals surface area contributed by atoms with Crippen LogP contribution in [0.2, 0.25) is 0 Å². The van der Waals surface area contributed by atoms with Crippen LogP contribution in [0.5, 0.6) is 0 Å². The third kappa shape index (κ3) is 5.60. The number of thioether (sulfide) groups is 1. The first-order chi connectivity index (χ1) is 15.3. The van der Waals surface area contributed by atoms with E-state index in [0.717, 1.165) is 50.1 Å². The monoisotopic (exact) mass is 471 g/mol. The summed E-state index contributed by atoms with van der Waals surface area (Å²) in [5, 5.41) is 9.41. The lowest BCUT2D eigenvalue weighted by molar-refractivity contribution is -0.137. The number of carbonyl (C=O) groups excluding carboxylic acids is 2. The number of fused-ring (bicyclic) bond motifs is 1. The Balaban J connectivity index is 1.12. The van der Waals surface area contributed by atoms with Gasteiger partial charge in [-0.25, -0.2) is 9.78 Å². The normalized spacial score (nSPS) is 25.9. The number of rotatable bonds is 7. The number of halogens is 3. The van der Waals surface area contributed by atoms with Gasteiger partial charge < -0.3 is 20.9 Å². The maximum atomic E-state index is 12.7. The van der Waals surface area contributed by atoms with Gasteiger partial charge in [0.1, 0.15) is 5.82 Å². The number of nitrogens with one attached hydrogen (secondary N) is 3. The largest absolute Gasteiger partial charge is 0.417 e. The van der Waals surface area contributed by atoms with E-state index >= 15 is 0 Å². The van der Waals surface area contributed by atoms with Crippen molar-refractivity contribution >= 4 is 29.5 Å². The zero-order chi connectivity index (χ0) is 22.7. The maximum absolute atomic E-state index is 12.7. The van der Waals surface area contributed by atoms with Gasteiger partial charge >= 0.3 is 12.2 Å². The third-order valence-electron chi connectivity index (χ3n) is 6.34. The molecule has 4 heterocycles. The molecule has 0 radical (unpaired) electrons. The highest BCUT2D eigenvalue weighted by atomic mass is 32.2. The van der Waals surface area contributed by atoms with Gasteiger partial charge in [-0.1, -0.05) is 6.42 Å². The molecule has 7 nitrogen and oxygen atoms in total. The second-order valence-electron chi connectivity index (χ2n) is 8.60. The van der Waals surface area contributed by atoms with Gasteiger partial charge in [-0.3, -0.25) is 4.79 Å². The molecule has 4 rings (SSSR count). The van der Waals surface area contributed by atoms with Gasteiger partial charge in [0.05, 0.1) is 17.6 Å². The average molecular weight is 472 g/mol. The van der Waals surface area contributed by atoms with Crippen LogP contribution in [0.15, 0.2) is 18.3 Å². The van der Waals surface area contributed by atoms with Gasteiger partial charge in [0.25, 0.3) is 0 Å². The number of amides is 3. The number of pyridine rings is 1. The zero-order valence-electron chi connectivity index (χ0n) is 17.7. The minimum absolute atomic E-state index is 0.0453. The lowest BCUT2D eigenvalue weighted by atomic mass is 10.0. The third-order valence-corrected chi connectivity index (χ3v) is 7.85. The van der Waals surface area contributed by atoms with E-state index in [2.05, 4.69) is 20.9 Å². The molecule has 3 aliphatic heterocycles. The number of aromatic nitrogens is 1. The molecule has 3 atom stereocenters. The Bertz CT molecular complexity index is 815. The fraction of sp³-hybridized carbons (Fsp3) is 0.667. The fourth-order valence-electron chi connectivity index (χ4n) is 4.57. The Hall–Kier alpha value is -2.17. The number of nitrogens with zero attached hydrogens (tertiary/aromatic N) is 2. The Kier molecular flexibility index (Phi) is 7.02. The first kappa shape index (κ1) is 23.0. The van der Waals surface area contributed by atoms with Crippen LogP contribution in [0.3, 0.4) is 0 Å². The number of unbranched alkanes of at least 4 members (excludes halogenated alkanes) is 1. The number of hydrogen-bond acceptors (Lipinski definition) is 5. The van der Waals surface area contributed by atoms with Crippen molar-refractivity contribution in [3.8, 4) is 0 Å². The number of carbonyl (C=O) groups is 2. The summed E-state index contributed by atoms with van der Waals surface area (Å²) < 4.78 is 38.0. The molecule has 0 aromatic carbocycles. The van der Waals surface area contributed by atoms with E-state index in [-0.39, 0.29) is 30.1 Å². The van der Waals surface area contributed by atoms with E-state index in [4.69, 9.17) is 0 Å². The summed E-state index contributed by atoms with van der Waals surface area (Å²) in [4.78, 5) is 29.6. The smallest absolute Gasteiger partial charge is 0.356 e. The predicted molar refractivity (Wildman–Crippen MR) is 117 cm³/mol. The van der Waals surface area contributed by atoms with Crippen LogP contribution in [0.1, 0.15) is 44.1 Å². The topological polar surface area (TPSA) is 86.4 Å². The summed E-state index contributed by atoms with van der Waals surface area (Å²) >= 11 is 1.88. The van der Waals surface area contributed by atoms with Crippen LogP contribution in [0.4, 0.5) is 23.8 Å². The van der Waals surface area contributed by atoms with Crippen LogP contribution in [-0.2, 0) is 11.0 Å². The second-order valence-corrected chi connectivity index (χ2v) is 9.87. The van der Waals surface area contributed by atoms with Gasteiger partial charge in [0.15, 0.2) is 0 Å². The minimum Gasteiger partial charge on any atom is -0.356 e. The van der Waals surface area contributed by atoms with Crippen LogP contribution in [0.25, 0.3) is 0 Å². The van der Waals surface area contributed by atoms with Crippen LogP contribution < -0.4 is 20.9 Å². The molecule has 3 N–H and O–H groups in total. The highest BCUT2D eigenvalue weighted by molar-refractivity contribution is 8.00. The van der Waals surface area contributed by atoms with Gasteiger partial charge in [-0.15, -0.1) is 0 Å². The van der Waals surface area contributed by atoms with Crippen molar-refractivity contribution in [1.29, 1.82) is 0 Å². The molecule has 0 unspecified atom stereocenters. The summed E-state index contributed by atoms with van der Waals surface area (Å²) in [6.07, 6.45) is 1.19. The molecule has 1 aromatic heterocycles. The number of piperidine rings is 1. The van der Waals surface area contributed by atoms with Crippen LogP contribution in [0, 0.1) is 0 Å². The molecule has 3 aliphatic rings. The van der Waals surface area contributed by atoms with Crippen molar-refractivity contribution in [3.05, 3.63) is 23.9 Å². The van der Waals surface area contributed by atoms with E-state index in [1.165, 1.54) is 6.07 Å². The Morgan fingerprint density at radius 1 is 1.22 bits per heavy atom. The Morgan fingerprint density at radius 3 is 2.69 bits per heavy atom. The number of alkyl halides is 3. The maximum Gasteiger partial charge on any atom is 0.417 e. The van der Waals surface area contributed by atoms with Crippen molar-refractivity contribution < 1.29 is 22.8 Å². The molecule has 3 saturated heterocycles. The average Bonchev–Trinajstić information content (AvgIpc) is 3.30. The second kappa shape index (κ2) is 9.76. The SMILES string of the molecule is O=C(CCCC[C@@H]1SC[C@@H]2NC(=O)N[C@@H]21)NC1CCN(c2ccc(C(F)(F)F)cn2)CC1. The van der Waals surface area contributed by atoms with E-state index in [9.17, 15) is 22.8 Å². The number of anilines is 1. The van der Waals surface area contributed by atoms with E-state index in [0.29, 0.717) is 30.6 Å². The summed E-state index contributed by atoms with van der Waals surface area (Å²) in [6.45, 7) is 1.29. The van der Waals surface area contributed by atoms with Crippen molar-refractivity contribution in [2.24, 2.45) is 0 Å².